The van der Waals surface area contributed by atoms with Crippen molar-refractivity contribution in [2.75, 3.05) is 19.0 Å². The van der Waals surface area contributed by atoms with Gasteiger partial charge in [0, 0.05) is 36.4 Å². The Morgan fingerprint density at radius 1 is 1.21 bits per heavy atom. The number of carbonyl (C=O) groups is 2. The molecule has 1 saturated carbocycles. The van der Waals surface area contributed by atoms with Gasteiger partial charge in [-0.1, -0.05) is 24.3 Å². The zero-order valence-corrected chi connectivity index (χ0v) is 19.4. The molecule has 1 aliphatic carbocycles. The van der Waals surface area contributed by atoms with Gasteiger partial charge in [0.05, 0.1) is 30.5 Å². The Bertz CT molecular complexity index is 1250. The minimum absolute atomic E-state index is 0.00762. The van der Waals surface area contributed by atoms with Crippen LogP contribution in [0.5, 0.6) is 5.75 Å². The molecule has 174 valence electrons. The lowest BCUT2D eigenvalue weighted by molar-refractivity contribution is -0.120. The molecule has 34 heavy (non-hydrogen) atoms. The summed E-state index contributed by atoms with van der Waals surface area (Å²) >= 11 is 0. The van der Waals surface area contributed by atoms with Gasteiger partial charge >= 0.3 is 0 Å². The van der Waals surface area contributed by atoms with Crippen molar-refractivity contribution >= 4 is 28.2 Å². The summed E-state index contributed by atoms with van der Waals surface area (Å²) in [6.45, 7) is 2.36. The first-order valence-corrected chi connectivity index (χ1v) is 11.5. The monoisotopic (exact) mass is 456 g/mol. The van der Waals surface area contributed by atoms with Gasteiger partial charge in [0.15, 0.2) is 0 Å². The van der Waals surface area contributed by atoms with E-state index in [0.29, 0.717) is 49.4 Å². The second kappa shape index (κ2) is 10.3. The maximum absolute atomic E-state index is 12.8. The summed E-state index contributed by atoms with van der Waals surface area (Å²) in [7, 11) is 1.62. The fourth-order valence-corrected chi connectivity index (χ4v) is 4.18. The van der Waals surface area contributed by atoms with E-state index in [9.17, 15) is 9.59 Å². The van der Waals surface area contributed by atoms with Crippen molar-refractivity contribution < 1.29 is 14.3 Å². The van der Waals surface area contributed by atoms with Gasteiger partial charge < -0.3 is 15.4 Å². The maximum atomic E-state index is 12.8. The number of pyridine rings is 1. The van der Waals surface area contributed by atoms with Gasteiger partial charge in [-0.3, -0.25) is 9.59 Å². The van der Waals surface area contributed by atoms with Crippen molar-refractivity contribution in [2.45, 2.75) is 38.6 Å². The number of ketones is 1. The number of nitrogens with one attached hydrogen (secondary N) is 2. The molecule has 0 radical (unpaired) electrons. The van der Waals surface area contributed by atoms with Crippen LogP contribution in [0.2, 0.25) is 0 Å². The molecular formula is C27H28N4O3. The summed E-state index contributed by atoms with van der Waals surface area (Å²) in [4.78, 5) is 28.9. The lowest BCUT2D eigenvalue weighted by atomic mass is 9.94. The van der Waals surface area contributed by atoms with E-state index >= 15 is 0 Å². The van der Waals surface area contributed by atoms with Crippen LogP contribution in [-0.2, 0) is 4.79 Å². The van der Waals surface area contributed by atoms with Crippen LogP contribution in [0.25, 0.3) is 22.0 Å². The molecule has 2 aromatic carbocycles. The summed E-state index contributed by atoms with van der Waals surface area (Å²) in [5.74, 6) is 0.579. The Morgan fingerprint density at radius 3 is 2.71 bits per heavy atom. The first kappa shape index (κ1) is 23.2. The van der Waals surface area contributed by atoms with Crippen molar-refractivity contribution in [3.63, 3.8) is 0 Å². The standard InChI is InChI=1S/C27H28N4O3/c1-17(15-28)16-29-26-22-14-19(7-6-18(22)8-13-25(26)34-2)23-4-3-5-24(31-23)27(33)30-20-9-11-21(32)12-10-20/h3-8,13-14,17,20,29H,9-12,16H2,1-2H3,(H,30,33). The van der Waals surface area contributed by atoms with Crippen LogP contribution in [0.15, 0.2) is 48.5 Å². The second-order valence-corrected chi connectivity index (χ2v) is 8.68. The Labute approximate surface area is 199 Å². The van der Waals surface area contributed by atoms with Gasteiger partial charge in [-0.15, -0.1) is 0 Å². The van der Waals surface area contributed by atoms with Crippen molar-refractivity contribution in [3.05, 3.63) is 54.2 Å². The van der Waals surface area contributed by atoms with Crippen LogP contribution < -0.4 is 15.4 Å². The number of aromatic nitrogens is 1. The predicted octanol–water partition coefficient (Wildman–Crippen LogP) is 4.72. The molecule has 0 bridgehead atoms. The smallest absolute Gasteiger partial charge is 0.270 e. The number of amides is 1. The second-order valence-electron chi connectivity index (χ2n) is 8.68. The Balaban J connectivity index is 1.62. The molecule has 1 amide bonds. The quantitative estimate of drug-likeness (QED) is 0.533. The molecule has 0 saturated heterocycles. The lowest BCUT2D eigenvalue weighted by Crippen LogP contribution is -2.38. The van der Waals surface area contributed by atoms with Crippen LogP contribution in [0.1, 0.15) is 43.1 Å². The van der Waals surface area contributed by atoms with Crippen molar-refractivity contribution in [1.82, 2.24) is 10.3 Å². The average Bonchev–Trinajstić information content (AvgIpc) is 2.87. The molecule has 0 aliphatic heterocycles. The highest BCUT2D eigenvalue weighted by atomic mass is 16.5. The summed E-state index contributed by atoms with van der Waals surface area (Å²) in [5, 5.41) is 17.5. The molecule has 1 atom stereocenters. The number of carbonyl (C=O) groups excluding carboxylic acids is 2. The van der Waals surface area contributed by atoms with Crippen LogP contribution in [0.4, 0.5) is 5.69 Å². The van der Waals surface area contributed by atoms with E-state index in [1.165, 1.54) is 0 Å². The number of hydrogen-bond acceptors (Lipinski definition) is 6. The Hall–Kier alpha value is -3.92. The number of anilines is 1. The summed E-state index contributed by atoms with van der Waals surface area (Å²) in [5.41, 5.74) is 2.73. The van der Waals surface area contributed by atoms with E-state index in [-0.39, 0.29) is 23.7 Å². The van der Waals surface area contributed by atoms with Crippen molar-refractivity contribution in [2.24, 2.45) is 5.92 Å². The minimum atomic E-state index is -0.225. The number of rotatable bonds is 7. The summed E-state index contributed by atoms with van der Waals surface area (Å²) in [6, 6.07) is 17.6. The highest BCUT2D eigenvalue weighted by Gasteiger charge is 2.21. The topological polar surface area (TPSA) is 104 Å². The fourth-order valence-electron chi connectivity index (χ4n) is 4.18. The number of benzene rings is 2. The van der Waals surface area contributed by atoms with E-state index < -0.39 is 0 Å². The lowest BCUT2D eigenvalue weighted by Gasteiger charge is -2.22. The molecule has 1 fully saturated rings. The number of methoxy groups -OCH3 is 1. The van der Waals surface area contributed by atoms with Crippen LogP contribution in [0.3, 0.4) is 0 Å². The molecule has 7 nitrogen and oxygen atoms in total. The van der Waals surface area contributed by atoms with Crippen LogP contribution in [0, 0.1) is 17.2 Å². The van der Waals surface area contributed by atoms with Gasteiger partial charge in [-0.05, 0) is 49.4 Å². The van der Waals surface area contributed by atoms with Crippen LogP contribution >= 0.6 is 0 Å². The number of Topliss-reactive ketones (excluding diaryl/α,β-unsaturated/α-hetero) is 1. The Morgan fingerprint density at radius 2 is 1.97 bits per heavy atom. The molecule has 1 aliphatic rings. The zero-order valence-electron chi connectivity index (χ0n) is 19.4. The van der Waals surface area contributed by atoms with Crippen molar-refractivity contribution in [1.29, 1.82) is 5.26 Å². The fraction of sp³-hybridized carbons (Fsp3) is 0.333. The first-order chi connectivity index (χ1) is 16.5. The third kappa shape index (κ3) is 5.18. The van der Waals surface area contributed by atoms with E-state index in [0.717, 1.165) is 22.0 Å². The number of nitrogens with zero attached hydrogens (tertiary/aromatic N) is 2. The van der Waals surface area contributed by atoms with Gasteiger partial charge in [-0.25, -0.2) is 4.98 Å². The number of fused-ring (bicyclic) bond motifs is 1. The average molecular weight is 457 g/mol. The van der Waals surface area contributed by atoms with E-state index in [1.54, 1.807) is 13.2 Å². The molecule has 0 spiro atoms. The molecule has 1 heterocycles. The number of ether oxygens (including phenoxy) is 1. The third-order valence-corrected chi connectivity index (χ3v) is 6.16. The predicted molar refractivity (Wildman–Crippen MR) is 132 cm³/mol. The number of nitriles is 1. The molecule has 1 unspecified atom stereocenters. The molecule has 7 heteroatoms. The Kier molecular flexibility index (Phi) is 7.07. The van der Waals surface area contributed by atoms with E-state index in [2.05, 4.69) is 21.7 Å². The number of hydrogen-bond donors (Lipinski definition) is 2. The van der Waals surface area contributed by atoms with Gasteiger partial charge in [0.2, 0.25) is 0 Å². The summed E-state index contributed by atoms with van der Waals surface area (Å²) in [6.07, 6.45) is 2.39. The van der Waals surface area contributed by atoms with Gasteiger partial charge in [-0.2, -0.15) is 5.26 Å². The highest BCUT2D eigenvalue weighted by Crippen LogP contribution is 2.35. The SMILES string of the molecule is COc1ccc2ccc(-c3cccc(C(=O)NC4CCC(=O)CC4)n3)cc2c1NCC(C)C#N. The molecule has 2 N–H and O–H groups in total. The van der Waals surface area contributed by atoms with Gasteiger partial charge in [0.1, 0.15) is 17.2 Å². The highest BCUT2D eigenvalue weighted by molar-refractivity contribution is 5.99. The normalized spacial score (nSPS) is 14.9. The first-order valence-electron chi connectivity index (χ1n) is 11.5. The maximum Gasteiger partial charge on any atom is 0.270 e. The van der Waals surface area contributed by atoms with E-state index in [1.807, 2.05) is 49.4 Å². The largest absolute Gasteiger partial charge is 0.495 e. The van der Waals surface area contributed by atoms with E-state index in [4.69, 9.17) is 10.00 Å². The third-order valence-electron chi connectivity index (χ3n) is 6.16. The zero-order chi connectivity index (χ0) is 24.1. The molecule has 3 aromatic rings. The van der Waals surface area contributed by atoms with Gasteiger partial charge in [0.25, 0.3) is 5.91 Å². The minimum Gasteiger partial charge on any atom is -0.495 e. The molecule has 1 aromatic heterocycles. The van der Waals surface area contributed by atoms with Crippen molar-refractivity contribution in [3.8, 4) is 23.1 Å². The summed E-state index contributed by atoms with van der Waals surface area (Å²) < 4.78 is 5.56. The van der Waals surface area contributed by atoms with Crippen LogP contribution in [-0.4, -0.2) is 36.4 Å². The molecule has 4 rings (SSSR count). The molecular weight excluding hydrogens is 428 g/mol.